The Balaban J connectivity index is 0.000000589. The summed E-state index contributed by atoms with van der Waals surface area (Å²) in [6.07, 6.45) is 0.0848. The molecule has 2 aromatic carbocycles. The second kappa shape index (κ2) is 8.82. The largest absolute Gasteiger partial charge is 0.370 e. The van der Waals surface area contributed by atoms with Crippen LogP contribution in [0.15, 0.2) is 53.5 Å². The molecular formula is C23H25N5O2. The molecule has 7 heteroatoms. The van der Waals surface area contributed by atoms with Gasteiger partial charge in [-0.15, -0.1) is 10.2 Å². The van der Waals surface area contributed by atoms with Crippen LogP contribution in [0, 0.1) is 13.8 Å². The second-order valence-electron chi connectivity index (χ2n) is 7.40. The van der Waals surface area contributed by atoms with Gasteiger partial charge >= 0.3 is 0 Å². The number of aliphatic imine (C=N–C) groups is 1. The van der Waals surface area contributed by atoms with Gasteiger partial charge in [0.15, 0.2) is 5.82 Å². The van der Waals surface area contributed by atoms with Gasteiger partial charge in [0.25, 0.3) is 0 Å². The molecule has 0 saturated heterocycles. The number of benzene rings is 2. The summed E-state index contributed by atoms with van der Waals surface area (Å²) in [5.41, 5.74) is 10.4. The molecule has 0 aliphatic carbocycles. The highest BCUT2D eigenvalue weighted by molar-refractivity contribution is 6.15. The van der Waals surface area contributed by atoms with E-state index in [1.807, 2.05) is 41.8 Å². The number of fused-ring (bicyclic) bond motifs is 3. The van der Waals surface area contributed by atoms with Crippen LogP contribution in [-0.2, 0) is 9.59 Å². The van der Waals surface area contributed by atoms with E-state index in [2.05, 4.69) is 35.3 Å². The highest BCUT2D eigenvalue weighted by Crippen LogP contribution is 2.32. The SMILES string of the molecule is CC(C)=O.Cc1ccc2c(c1)C(c1ccccc1)=N[C@@H](CC(N)=O)c1nnc(C)n1-2. The number of ketones is 1. The van der Waals surface area contributed by atoms with E-state index < -0.39 is 11.9 Å². The minimum Gasteiger partial charge on any atom is -0.370 e. The Morgan fingerprint density at radius 1 is 1.03 bits per heavy atom. The van der Waals surface area contributed by atoms with Crippen LogP contribution in [0.25, 0.3) is 5.69 Å². The molecule has 30 heavy (non-hydrogen) atoms. The summed E-state index contributed by atoms with van der Waals surface area (Å²) in [5.74, 6) is 1.14. The summed E-state index contributed by atoms with van der Waals surface area (Å²) < 4.78 is 1.97. The summed E-state index contributed by atoms with van der Waals surface area (Å²) in [6, 6.07) is 15.7. The number of hydrogen-bond donors (Lipinski definition) is 1. The van der Waals surface area contributed by atoms with Gasteiger partial charge in [-0.25, -0.2) is 0 Å². The number of aromatic nitrogens is 3. The van der Waals surface area contributed by atoms with Crippen molar-refractivity contribution in [1.29, 1.82) is 0 Å². The third-order valence-electron chi connectivity index (χ3n) is 4.52. The molecule has 1 aromatic heterocycles. The van der Waals surface area contributed by atoms with Crippen LogP contribution >= 0.6 is 0 Å². The van der Waals surface area contributed by atoms with Gasteiger partial charge in [0.1, 0.15) is 17.6 Å². The first kappa shape index (κ1) is 21.1. The highest BCUT2D eigenvalue weighted by atomic mass is 16.1. The number of hydrogen-bond acceptors (Lipinski definition) is 5. The molecule has 154 valence electrons. The summed E-state index contributed by atoms with van der Waals surface area (Å²) >= 11 is 0. The monoisotopic (exact) mass is 403 g/mol. The van der Waals surface area contributed by atoms with E-state index >= 15 is 0 Å². The molecule has 4 rings (SSSR count). The van der Waals surface area contributed by atoms with Crippen molar-refractivity contribution in [2.75, 3.05) is 0 Å². The third kappa shape index (κ3) is 4.51. The summed E-state index contributed by atoms with van der Waals surface area (Å²) in [7, 11) is 0. The maximum absolute atomic E-state index is 11.7. The Labute approximate surface area is 175 Å². The highest BCUT2D eigenvalue weighted by Gasteiger charge is 2.29. The van der Waals surface area contributed by atoms with E-state index in [0.29, 0.717) is 5.82 Å². The maximum Gasteiger partial charge on any atom is 0.220 e. The van der Waals surface area contributed by atoms with Gasteiger partial charge < -0.3 is 10.5 Å². The number of rotatable bonds is 3. The van der Waals surface area contributed by atoms with Crippen LogP contribution in [0.4, 0.5) is 0 Å². The molecule has 0 radical (unpaired) electrons. The fourth-order valence-corrected chi connectivity index (χ4v) is 3.36. The van der Waals surface area contributed by atoms with Crippen LogP contribution in [0.3, 0.4) is 0 Å². The van der Waals surface area contributed by atoms with Crippen molar-refractivity contribution in [2.45, 2.75) is 40.2 Å². The molecule has 0 saturated carbocycles. The average molecular weight is 403 g/mol. The Hall–Kier alpha value is -3.61. The predicted octanol–water partition coefficient (Wildman–Crippen LogP) is 3.25. The van der Waals surface area contributed by atoms with Crippen LogP contribution in [0.5, 0.6) is 0 Å². The van der Waals surface area contributed by atoms with Crippen molar-refractivity contribution in [1.82, 2.24) is 14.8 Å². The van der Waals surface area contributed by atoms with Crippen molar-refractivity contribution in [2.24, 2.45) is 10.7 Å². The zero-order chi connectivity index (χ0) is 21.8. The second-order valence-corrected chi connectivity index (χ2v) is 7.40. The van der Waals surface area contributed by atoms with Gasteiger partial charge in [-0.1, -0.05) is 42.0 Å². The number of aryl methyl sites for hydroxylation is 2. The molecule has 0 unspecified atom stereocenters. The van der Waals surface area contributed by atoms with Crippen molar-refractivity contribution in [3.63, 3.8) is 0 Å². The molecule has 0 spiro atoms. The van der Waals surface area contributed by atoms with Crippen molar-refractivity contribution in [3.8, 4) is 5.69 Å². The lowest BCUT2D eigenvalue weighted by Crippen LogP contribution is -2.17. The van der Waals surface area contributed by atoms with Crippen LogP contribution in [0.1, 0.15) is 54.6 Å². The molecule has 1 atom stereocenters. The third-order valence-corrected chi connectivity index (χ3v) is 4.52. The average Bonchev–Trinajstić information content (AvgIpc) is 3.00. The molecule has 0 bridgehead atoms. The smallest absolute Gasteiger partial charge is 0.220 e. The summed E-state index contributed by atoms with van der Waals surface area (Å²) in [6.45, 7) is 7.00. The molecule has 2 N–H and O–H groups in total. The number of nitrogens with zero attached hydrogens (tertiary/aromatic N) is 4. The van der Waals surface area contributed by atoms with E-state index in [1.165, 1.54) is 13.8 Å². The fourth-order valence-electron chi connectivity index (χ4n) is 3.36. The molecule has 3 aromatic rings. The first-order valence-corrected chi connectivity index (χ1v) is 9.70. The molecule has 2 heterocycles. The molecule has 7 nitrogen and oxygen atoms in total. The number of carbonyl (C=O) groups is 2. The molecule has 1 amide bonds. The number of nitrogens with two attached hydrogens (primary N) is 1. The molecule has 1 aliphatic heterocycles. The zero-order valence-electron chi connectivity index (χ0n) is 17.6. The lowest BCUT2D eigenvalue weighted by molar-refractivity contribution is -0.118. The standard InChI is InChI=1S/C20H19N5O.C3H6O/c1-12-8-9-17-15(10-12)19(14-6-4-3-5-7-14)22-16(11-18(21)26)20-24-23-13(2)25(17)20;1-3(2)4/h3-10,16H,11H2,1-2H3,(H2,21,26);1-2H3/t16-;/m0./s1. The van der Waals surface area contributed by atoms with Crippen molar-refractivity contribution < 1.29 is 9.59 Å². The Morgan fingerprint density at radius 2 is 1.70 bits per heavy atom. The van der Waals surface area contributed by atoms with Gasteiger partial charge in [0.05, 0.1) is 17.8 Å². The van der Waals surface area contributed by atoms with Gasteiger partial charge in [0, 0.05) is 11.1 Å². The van der Waals surface area contributed by atoms with Gasteiger partial charge in [-0.3, -0.25) is 14.4 Å². The first-order valence-electron chi connectivity index (χ1n) is 9.70. The number of amides is 1. The van der Waals surface area contributed by atoms with Gasteiger partial charge in [-0.2, -0.15) is 0 Å². The van der Waals surface area contributed by atoms with E-state index in [-0.39, 0.29) is 12.2 Å². The number of Topliss-reactive ketones (excluding diaryl/α,β-unsaturated/α-hetero) is 1. The van der Waals surface area contributed by atoms with Crippen molar-refractivity contribution >= 4 is 17.4 Å². The first-order chi connectivity index (χ1) is 14.3. The van der Waals surface area contributed by atoms with Crippen LogP contribution in [0.2, 0.25) is 0 Å². The van der Waals surface area contributed by atoms with Gasteiger partial charge in [0.2, 0.25) is 5.91 Å². The molecule has 0 fully saturated rings. The van der Waals surface area contributed by atoms with Gasteiger partial charge in [-0.05, 0) is 39.8 Å². The maximum atomic E-state index is 11.7. The minimum atomic E-state index is -0.475. The summed E-state index contributed by atoms with van der Waals surface area (Å²) in [5, 5.41) is 8.51. The number of primary amides is 1. The number of carbonyl (C=O) groups excluding carboxylic acids is 2. The van der Waals surface area contributed by atoms with Crippen LogP contribution in [-0.4, -0.2) is 32.2 Å². The quantitative estimate of drug-likeness (QED) is 0.725. The Morgan fingerprint density at radius 3 is 2.33 bits per heavy atom. The topological polar surface area (TPSA) is 103 Å². The lowest BCUT2D eigenvalue weighted by atomic mass is 9.98. The van der Waals surface area contributed by atoms with E-state index in [1.54, 1.807) is 0 Å². The van der Waals surface area contributed by atoms with Crippen molar-refractivity contribution in [3.05, 3.63) is 76.9 Å². The van der Waals surface area contributed by atoms with Crippen LogP contribution < -0.4 is 5.73 Å². The van der Waals surface area contributed by atoms with E-state index in [4.69, 9.17) is 10.7 Å². The molecular weight excluding hydrogens is 378 g/mol. The zero-order valence-corrected chi connectivity index (χ0v) is 17.6. The predicted molar refractivity (Wildman–Crippen MR) is 116 cm³/mol. The van der Waals surface area contributed by atoms with E-state index in [0.717, 1.165) is 33.9 Å². The molecule has 1 aliphatic rings. The fraction of sp³-hybridized carbons (Fsp3) is 0.261. The minimum absolute atomic E-state index is 0.0848. The normalized spacial score (nSPS) is 14.4. The Kier molecular flexibility index (Phi) is 6.20. The lowest BCUT2D eigenvalue weighted by Gasteiger charge is -2.13. The Bertz CT molecular complexity index is 1110. The summed E-state index contributed by atoms with van der Waals surface area (Å²) in [4.78, 5) is 26.0. The van der Waals surface area contributed by atoms with E-state index in [9.17, 15) is 9.59 Å².